The first-order valence-corrected chi connectivity index (χ1v) is 7.65. The normalized spacial score (nSPS) is 33.2. The monoisotopic (exact) mass is 249 g/mol. The van der Waals surface area contributed by atoms with Crippen LogP contribution in [0.3, 0.4) is 0 Å². The van der Waals surface area contributed by atoms with Crippen molar-refractivity contribution in [2.75, 3.05) is 7.05 Å². The Bertz CT molecular complexity index is 290. The lowest BCUT2D eigenvalue weighted by atomic mass is 9.85. The maximum atomic E-state index is 4.31. The molecule has 0 spiro atoms. The van der Waals surface area contributed by atoms with Gasteiger partial charge < -0.3 is 5.32 Å². The molecule has 1 nitrogen and oxygen atoms in total. The lowest BCUT2D eigenvalue weighted by molar-refractivity contribution is 0.472. The van der Waals surface area contributed by atoms with E-state index in [0.717, 1.165) is 5.92 Å². The lowest BCUT2D eigenvalue weighted by Gasteiger charge is -2.28. The van der Waals surface area contributed by atoms with Crippen LogP contribution in [0.1, 0.15) is 59.3 Å². The van der Waals surface area contributed by atoms with Gasteiger partial charge in [-0.3, -0.25) is 0 Å². The highest BCUT2D eigenvalue weighted by molar-refractivity contribution is 5.19. The van der Waals surface area contributed by atoms with Gasteiger partial charge in [0.25, 0.3) is 0 Å². The Morgan fingerprint density at radius 1 is 1.39 bits per heavy atom. The maximum absolute atomic E-state index is 4.31. The molecule has 1 N–H and O–H groups in total. The van der Waals surface area contributed by atoms with E-state index in [1.807, 2.05) is 0 Å². The summed E-state index contributed by atoms with van der Waals surface area (Å²) < 4.78 is 0. The molecule has 18 heavy (non-hydrogen) atoms. The van der Waals surface area contributed by atoms with E-state index >= 15 is 0 Å². The molecule has 0 amide bonds. The van der Waals surface area contributed by atoms with Crippen molar-refractivity contribution in [3.05, 3.63) is 23.8 Å². The fourth-order valence-corrected chi connectivity index (χ4v) is 3.12. The third kappa shape index (κ3) is 4.28. The minimum Gasteiger partial charge on any atom is -0.313 e. The number of allylic oxidation sites excluding steroid dienone is 1. The summed E-state index contributed by atoms with van der Waals surface area (Å²) in [5, 5.41) is 3.48. The first-order chi connectivity index (χ1) is 8.60. The van der Waals surface area contributed by atoms with Gasteiger partial charge in [0.2, 0.25) is 0 Å². The van der Waals surface area contributed by atoms with Crippen LogP contribution in [0.25, 0.3) is 0 Å². The van der Waals surface area contributed by atoms with Crippen LogP contribution < -0.4 is 5.32 Å². The number of nitrogens with one attached hydrogen (secondary N) is 1. The quantitative estimate of drug-likeness (QED) is 0.712. The van der Waals surface area contributed by atoms with E-state index in [-0.39, 0.29) is 0 Å². The summed E-state index contributed by atoms with van der Waals surface area (Å²) >= 11 is 0. The van der Waals surface area contributed by atoms with E-state index in [9.17, 15) is 0 Å². The van der Waals surface area contributed by atoms with Gasteiger partial charge in [-0.2, -0.15) is 0 Å². The topological polar surface area (TPSA) is 12.0 Å². The van der Waals surface area contributed by atoms with Crippen molar-refractivity contribution in [2.45, 2.75) is 65.3 Å². The third-order valence-corrected chi connectivity index (χ3v) is 4.31. The Hall–Kier alpha value is -0.560. The SMILES string of the molecule is C=C1CCCC(C)/C=C(/CCCC)C(C)C1NC. The standard InChI is InChI=1S/C17H31N/c1-6-7-11-16-12-13(2)9-8-10-14(3)17(18-5)15(16)4/h12-13,15,17-18H,3,6-11H2,1-2,4-5H3/b16-12-. The average molecular weight is 249 g/mol. The maximum Gasteiger partial charge on any atom is 0.0337 e. The summed E-state index contributed by atoms with van der Waals surface area (Å²) in [7, 11) is 2.07. The molecule has 0 aliphatic heterocycles. The van der Waals surface area contributed by atoms with Crippen LogP contribution in [-0.4, -0.2) is 13.1 Å². The molecule has 0 aromatic rings. The van der Waals surface area contributed by atoms with Gasteiger partial charge in [0.05, 0.1) is 0 Å². The van der Waals surface area contributed by atoms with Crippen molar-refractivity contribution in [1.82, 2.24) is 5.32 Å². The lowest BCUT2D eigenvalue weighted by Crippen LogP contribution is -2.34. The van der Waals surface area contributed by atoms with Gasteiger partial charge >= 0.3 is 0 Å². The third-order valence-electron chi connectivity index (χ3n) is 4.31. The number of likely N-dealkylation sites (N-methyl/N-ethyl adjacent to an activating group) is 1. The highest BCUT2D eigenvalue weighted by atomic mass is 14.9. The summed E-state index contributed by atoms with van der Waals surface area (Å²) in [6, 6.07) is 0.457. The Balaban J connectivity index is 2.90. The molecule has 0 saturated carbocycles. The number of hydrogen-bond acceptors (Lipinski definition) is 1. The zero-order valence-electron chi connectivity index (χ0n) is 12.8. The van der Waals surface area contributed by atoms with E-state index in [4.69, 9.17) is 0 Å². The average Bonchev–Trinajstić information content (AvgIpc) is 2.38. The molecule has 104 valence electrons. The molecule has 3 unspecified atom stereocenters. The van der Waals surface area contributed by atoms with Gasteiger partial charge in [0.15, 0.2) is 0 Å². The van der Waals surface area contributed by atoms with Gasteiger partial charge in [0.1, 0.15) is 0 Å². The number of hydrogen-bond donors (Lipinski definition) is 1. The summed E-state index contributed by atoms with van der Waals surface area (Å²) in [4.78, 5) is 0. The molecule has 1 rings (SSSR count). The van der Waals surface area contributed by atoms with Crippen LogP contribution in [0.4, 0.5) is 0 Å². The van der Waals surface area contributed by atoms with E-state index < -0.39 is 0 Å². The molecule has 0 saturated heterocycles. The van der Waals surface area contributed by atoms with Crippen LogP contribution >= 0.6 is 0 Å². The van der Waals surface area contributed by atoms with Crippen molar-refractivity contribution in [1.29, 1.82) is 0 Å². The molecule has 1 aliphatic carbocycles. The molecule has 1 heteroatoms. The van der Waals surface area contributed by atoms with Crippen LogP contribution in [-0.2, 0) is 0 Å². The van der Waals surface area contributed by atoms with Gasteiger partial charge in [-0.05, 0) is 51.0 Å². The van der Waals surface area contributed by atoms with Crippen molar-refractivity contribution < 1.29 is 0 Å². The minimum atomic E-state index is 0.457. The molecular formula is C17H31N. The molecule has 0 bridgehead atoms. The second-order valence-electron chi connectivity index (χ2n) is 5.93. The van der Waals surface area contributed by atoms with Crippen LogP contribution in [0.2, 0.25) is 0 Å². The smallest absolute Gasteiger partial charge is 0.0337 e. The summed E-state index contributed by atoms with van der Waals surface area (Å²) in [6.07, 6.45) is 10.2. The van der Waals surface area contributed by atoms with Crippen molar-refractivity contribution in [2.24, 2.45) is 11.8 Å². The molecule has 1 aliphatic rings. The predicted octanol–water partition coefficient (Wildman–Crippen LogP) is 4.70. The zero-order valence-corrected chi connectivity index (χ0v) is 12.8. The van der Waals surface area contributed by atoms with Gasteiger partial charge in [-0.1, -0.05) is 51.0 Å². The Kier molecular flexibility index (Phi) is 6.70. The molecule has 0 heterocycles. The molecule has 0 aromatic carbocycles. The van der Waals surface area contributed by atoms with Crippen molar-refractivity contribution in [3.63, 3.8) is 0 Å². The van der Waals surface area contributed by atoms with Gasteiger partial charge in [-0.25, -0.2) is 0 Å². The van der Waals surface area contributed by atoms with Gasteiger partial charge in [0, 0.05) is 6.04 Å². The summed E-state index contributed by atoms with van der Waals surface area (Å²) in [6.45, 7) is 11.3. The van der Waals surface area contributed by atoms with Crippen LogP contribution in [0.15, 0.2) is 23.8 Å². The minimum absolute atomic E-state index is 0.457. The van der Waals surface area contributed by atoms with Crippen molar-refractivity contribution >= 4 is 0 Å². The second kappa shape index (κ2) is 7.78. The largest absolute Gasteiger partial charge is 0.313 e. The fraction of sp³-hybridized carbons (Fsp3) is 0.765. The molecule has 0 radical (unpaired) electrons. The van der Waals surface area contributed by atoms with E-state index in [0.29, 0.717) is 12.0 Å². The van der Waals surface area contributed by atoms with E-state index in [1.54, 1.807) is 5.57 Å². The van der Waals surface area contributed by atoms with Crippen LogP contribution in [0, 0.1) is 11.8 Å². The van der Waals surface area contributed by atoms with E-state index in [2.05, 4.69) is 45.8 Å². The van der Waals surface area contributed by atoms with Gasteiger partial charge in [-0.15, -0.1) is 0 Å². The first kappa shape index (κ1) is 15.5. The zero-order chi connectivity index (χ0) is 13.5. The van der Waals surface area contributed by atoms with E-state index in [1.165, 1.54) is 44.1 Å². The highest BCUT2D eigenvalue weighted by Crippen LogP contribution is 2.30. The van der Waals surface area contributed by atoms with Crippen molar-refractivity contribution in [3.8, 4) is 0 Å². The molecule has 0 aromatic heterocycles. The number of unbranched alkanes of at least 4 members (excludes halogenated alkanes) is 1. The summed E-state index contributed by atoms with van der Waals surface area (Å²) in [5.74, 6) is 1.32. The number of rotatable bonds is 4. The molecule has 0 fully saturated rings. The fourth-order valence-electron chi connectivity index (χ4n) is 3.12. The molecule has 3 atom stereocenters. The Morgan fingerprint density at radius 3 is 2.72 bits per heavy atom. The molecular weight excluding hydrogens is 218 g/mol. The Labute approximate surface area is 114 Å². The Morgan fingerprint density at radius 2 is 2.11 bits per heavy atom. The van der Waals surface area contributed by atoms with Crippen LogP contribution in [0.5, 0.6) is 0 Å². The highest BCUT2D eigenvalue weighted by Gasteiger charge is 2.23. The second-order valence-corrected chi connectivity index (χ2v) is 5.93. The summed E-state index contributed by atoms with van der Waals surface area (Å²) in [5.41, 5.74) is 3.04. The predicted molar refractivity (Wildman–Crippen MR) is 81.8 cm³/mol. The first-order valence-electron chi connectivity index (χ1n) is 7.65.